The predicted octanol–water partition coefficient (Wildman–Crippen LogP) is 5.12. The van der Waals surface area contributed by atoms with Crippen LogP contribution in [0.2, 0.25) is 0 Å². The molecule has 0 aliphatic carbocycles. The first-order chi connectivity index (χ1) is 9.49. The Morgan fingerprint density at radius 2 is 1.70 bits per heavy atom. The normalized spacial score (nSPS) is 12.4. The van der Waals surface area contributed by atoms with Crippen LogP contribution < -0.4 is 4.74 Å². The van der Waals surface area contributed by atoms with Gasteiger partial charge < -0.3 is 4.74 Å². The first-order valence-electron chi connectivity index (χ1n) is 7.73. The van der Waals surface area contributed by atoms with Crippen LogP contribution in [-0.4, -0.2) is 12.4 Å². The number of hydrogen-bond acceptors (Lipinski definition) is 2. The topological polar surface area (TPSA) is 26.3 Å². The van der Waals surface area contributed by atoms with Gasteiger partial charge in [0.2, 0.25) is 0 Å². The predicted molar refractivity (Wildman–Crippen MR) is 84.4 cm³/mol. The highest BCUT2D eigenvalue weighted by atomic mass is 16.5. The summed E-state index contributed by atoms with van der Waals surface area (Å²) in [6.45, 7) is 9.18. The van der Waals surface area contributed by atoms with Crippen molar-refractivity contribution in [3.05, 3.63) is 29.8 Å². The van der Waals surface area contributed by atoms with Gasteiger partial charge in [0.1, 0.15) is 5.75 Å². The molecule has 0 bridgehead atoms. The van der Waals surface area contributed by atoms with Crippen molar-refractivity contribution in [2.75, 3.05) is 6.61 Å². The molecule has 20 heavy (non-hydrogen) atoms. The quantitative estimate of drug-likeness (QED) is 0.585. The van der Waals surface area contributed by atoms with E-state index >= 15 is 0 Å². The highest BCUT2D eigenvalue weighted by Gasteiger charge is 2.04. The zero-order chi connectivity index (χ0) is 15.0. The number of ketones is 1. The summed E-state index contributed by atoms with van der Waals surface area (Å²) < 4.78 is 5.73. The van der Waals surface area contributed by atoms with Crippen molar-refractivity contribution >= 4 is 5.78 Å². The highest BCUT2D eigenvalue weighted by Crippen LogP contribution is 2.17. The second-order valence-corrected chi connectivity index (χ2v) is 6.15. The van der Waals surface area contributed by atoms with Crippen LogP contribution in [0.4, 0.5) is 0 Å². The van der Waals surface area contributed by atoms with Gasteiger partial charge in [-0.25, -0.2) is 0 Å². The van der Waals surface area contributed by atoms with Crippen LogP contribution in [0.15, 0.2) is 24.3 Å². The van der Waals surface area contributed by atoms with Crippen LogP contribution in [-0.2, 0) is 0 Å². The average Bonchev–Trinajstić information content (AvgIpc) is 2.39. The zero-order valence-electron chi connectivity index (χ0n) is 13.3. The van der Waals surface area contributed by atoms with E-state index in [1.54, 1.807) is 6.92 Å². The third-order valence-corrected chi connectivity index (χ3v) is 3.62. The Kier molecular flexibility index (Phi) is 7.35. The monoisotopic (exact) mass is 276 g/mol. The summed E-state index contributed by atoms with van der Waals surface area (Å²) in [5.74, 6) is 2.46. The van der Waals surface area contributed by atoms with E-state index in [1.807, 2.05) is 24.3 Å². The maximum absolute atomic E-state index is 11.2. The van der Waals surface area contributed by atoms with E-state index < -0.39 is 0 Å². The molecule has 0 amide bonds. The van der Waals surface area contributed by atoms with E-state index in [1.165, 1.54) is 19.3 Å². The van der Waals surface area contributed by atoms with Crippen LogP contribution >= 0.6 is 0 Å². The molecule has 0 aliphatic heterocycles. The zero-order valence-corrected chi connectivity index (χ0v) is 13.3. The van der Waals surface area contributed by atoms with E-state index in [0.29, 0.717) is 5.92 Å². The molecule has 0 heterocycles. The first kappa shape index (κ1) is 16.7. The van der Waals surface area contributed by atoms with E-state index in [4.69, 9.17) is 4.74 Å². The van der Waals surface area contributed by atoms with Crippen LogP contribution in [0.25, 0.3) is 0 Å². The Morgan fingerprint density at radius 1 is 1.05 bits per heavy atom. The molecule has 0 N–H and O–H groups in total. The van der Waals surface area contributed by atoms with Crippen molar-refractivity contribution in [1.82, 2.24) is 0 Å². The molecule has 2 nitrogen and oxygen atoms in total. The van der Waals surface area contributed by atoms with Crippen molar-refractivity contribution in [1.29, 1.82) is 0 Å². The average molecular weight is 276 g/mol. The smallest absolute Gasteiger partial charge is 0.159 e. The molecule has 0 radical (unpaired) electrons. The number of ether oxygens (including phenoxy) is 1. The Labute approximate surface area is 123 Å². The van der Waals surface area contributed by atoms with Crippen molar-refractivity contribution < 1.29 is 9.53 Å². The fraction of sp³-hybridized carbons (Fsp3) is 0.611. The largest absolute Gasteiger partial charge is 0.494 e. The maximum atomic E-state index is 11.2. The van der Waals surface area contributed by atoms with Crippen LogP contribution in [0.5, 0.6) is 5.75 Å². The molecule has 1 aromatic rings. The van der Waals surface area contributed by atoms with Crippen molar-refractivity contribution in [2.45, 2.75) is 53.4 Å². The Bertz CT molecular complexity index is 392. The fourth-order valence-corrected chi connectivity index (χ4v) is 2.18. The molecule has 0 saturated carbocycles. The summed E-state index contributed by atoms with van der Waals surface area (Å²) in [7, 11) is 0. The number of Topliss-reactive ketones (excluding diaryl/α,β-unsaturated/α-hetero) is 1. The molecular formula is C18H28O2. The minimum absolute atomic E-state index is 0.0929. The molecule has 112 valence electrons. The number of benzene rings is 1. The van der Waals surface area contributed by atoms with E-state index in [9.17, 15) is 4.79 Å². The first-order valence-corrected chi connectivity index (χ1v) is 7.73. The summed E-state index contributed by atoms with van der Waals surface area (Å²) in [4.78, 5) is 11.2. The number of rotatable bonds is 9. The lowest BCUT2D eigenvalue weighted by Gasteiger charge is -2.13. The lowest BCUT2D eigenvalue weighted by Crippen LogP contribution is -2.05. The van der Waals surface area contributed by atoms with E-state index in [0.717, 1.165) is 30.3 Å². The molecule has 1 unspecified atom stereocenters. The van der Waals surface area contributed by atoms with Crippen LogP contribution in [0.1, 0.15) is 63.7 Å². The van der Waals surface area contributed by atoms with Crippen molar-refractivity contribution in [3.63, 3.8) is 0 Å². The molecular weight excluding hydrogens is 248 g/mol. The van der Waals surface area contributed by atoms with Gasteiger partial charge in [-0.1, -0.05) is 40.0 Å². The molecule has 0 spiro atoms. The van der Waals surface area contributed by atoms with Crippen LogP contribution in [0.3, 0.4) is 0 Å². The summed E-state index contributed by atoms with van der Waals surface area (Å²) in [5.41, 5.74) is 0.736. The fourth-order valence-electron chi connectivity index (χ4n) is 2.18. The van der Waals surface area contributed by atoms with Gasteiger partial charge >= 0.3 is 0 Å². The summed E-state index contributed by atoms with van der Waals surface area (Å²) in [6.07, 6.45) is 5.00. The lowest BCUT2D eigenvalue weighted by atomic mass is 9.98. The van der Waals surface area contributed by atoms with Crippen LogP contribution in [0, 0.1) is 11.8 Å². The lowest BCUT2D eigenvalue weighted by molar-refractivity contribution is 0.101. The SMILES string of the molecule is CC(=O)c1ccc(OCCC(C)CCCC(C)C)cc1. The van der Waals surface area contributed by atoms with Crippen molar-refractivity contribution in [3.8, 4) is 5.75 Å². The van der Waals surface area contributed by atoms with E-state index in [2.05, 4.69) is 20.8 Å². The second-order valence-electron chi connectivity index (χ2n) is 6.15. The van der Waals surface area contributed by atoms with Gasteiger partial charge in [0.05, 0.1) is 6.61 Å². The van der Waals surface area contributed by atoms with Gasteiger partial charge in [0.25, 0.3) is 0 Å². The number of carbonyl (C=O) groups excluding carboxylic acids is 1. The molecule has 1 aromatic carbocycles. The minimum Gasteiger partial charge on any atom is -0.494 e. The van der Waals surface area contributed by atoms with Crippen molar-refractivity contribution in [2.24, 2.45) is 11.8 Å². The molecule has 1 rings (SSSR count). The Balaban J connectivity index is 2.21. The number of hydrogen-bond donors (Lipinski definition) is 0. The molecule has 0 aromatic heterocycles. The molecule has 2 heteroatoms. The van der Waals surface area contributed by atoms with Gasteiger partial charge in [0, 0.05) is 5.56 Å². The summed E-state index contributed by atoms with van der Waals surface area (Å²) in [6, 6.07) is 7.40. The van der Waals surface area contributed by atoms with Gasteiger partial charge in [0.15, 0.2) is 5.78 Å². The Morgan fingerprint density at radius 3 is 2.25 bits per heavy atom. The summed E-state index contributed by atoms with van der Waals surface area (Å²) >= 11 is 0. The molecule has 1 atom stereocenters. The molecule has 0 aliphatic rings. The highest BCUT2D eigenvalue weighted by molar-refractivity contribution is 5.94. The third-order valence-electron chi connectivity index (χ3n) is 3.62. The molecule has 0 saturated heterocycles. The van der Waals surface area contributed by atoms with E-state index in [-0.39, 0.29) is 5.78 Å². The maximum Gasteiger partial charge on any atom is 0.159 e. The minimum atomic E-state index is 0.0929. The molecule has 0 fully saturated rings. The number of carbonyl (C=O) groups is 1. The van der Waals surface area contributed by atoms with Gasteiger partial charge in [-0.15, -0.1) is 0 Å². The Hall–Kier alpha value is -1.31. The third kappa shape index (κ3) is 6.74. The summed E-state index contributed by atoms with van der Waals surface area (Å²) in [5, 5.41) is 0. The standard InChI is InChI=1S/C18H28O2/c1-14(2)6-5-7-15(3)12-13-20-18-10-8-17(9-11-18)16(4)19/h8-11,14-15H,5-7,12-13H2,1-4H3. The van der Waals surface area contributed by atoms with Gasteiger partial charge in [-0.3, -0.25) is 4.79 Å². The van der Waals surface area contributed by atoms with Gasteiger partial charge in [-0.2, -0.15) is 0 Å². The second kappa shape index (κ2) is 8.78. The van der Waals surface area contributed by atoms with Gasteiger partial charge in [-0.05, 0) is 49.4 Å².